The Morgan fingerprint density at radius 3 is 2.76 bits per heavy atom. The maximum Gasteiger partial charge on any atom is 0.412 e. The van der Waals surface area contributed by atoms with E-state index in [1.807, 2.05) is 6.92 Å². The van der Waals surface area contributed by atoms with Crippen molar-refractivity contribution in [3.63, 3.8) is 0 Å². The van der Waals surface area contributed by atoms with Gasteiger partial charge in [-0.25, -0.2) is 14.0 Å². The van der Waals surface area contributed by atoms with Gasteiger partial charge in [0.25, 0.3) is 0 Å². The molecule has 2 rings (SSSR count). The number of anilines is 1. The normalized spacial score (nSPS) is 25.8. The Kier molecular flexibility index (Phi) is 6.45. The van der Waals surface area contributed by atoms with E-state index >= 15 is 0 Å². The topological polar surface area (TPSA) is 123 Å². The number of carbonyl (C=O) groups excluding carboxylic acids is 1. The van der Waals surface area contributed by atoms with Crippen LogP contribution in [0, 0.1) is 5.82 Å². The Balaban J connectivity index is 2.07. The highest BCUT2D eigenvalue weighted by atomic mass is 19.1. The maximum absolute atomic E-state index is 14.1. The van der Waals surface area contributed by atoms with Crippen molar-refractivity contribution < 1.29 is 28.9 Å². The van der Waals surface area contributed by atoms with Crippen LogP contribution in [0.3, 0.4) is 0 Å². The lowest BCUT2D eigenvalue weighted by atomic mass is 10.1. The number of hydrogen-bond acceptors (Lipinski definition) is 7. The van der Waals surface area contributed by atoms with Crippen molar-refractivity contribution in [3.05, 3.63) is 22.5 Å². The Morgan fingerprint density at radius 2 is 2.16 bits per heavy atom. The molecule has 1 saturated heterocycles. The summed E-state index contributed by atoms with van der Waals surface area (Å²) in [5.41, 5.74) is -0.951. The first-order valence-corrected chi connectivity index (χ1v) is 8.09. The van der Waals surface area contributed by atoms with E-state index in [4.69, 9.17) is 9.47 Å². The van der Waals surface area contributed by atoms with E-state index in [2.05, 4.69) is 10.3 Å². The van der Waals surface area contributed by atoms with Crippen LogP contribution in [0.25, 0.3) is 0 Å². The number of halogens is 1. The summed E-state index contributed by atoms with van der Waals surface area (Å²) in [4.78, 5) is 27.0. The molecule has 1 fully saturated rings. The molecule has 1 aliphatic heterocycles. The summed E-state index contributed by atoms with van der Waals surface area (Å²) in [5.74, 6) is -1.59. The summed E-state index contributed by atoms with van der Waals surface area (Å²) in [7, 11) is 0. The van der Waals surface area contributed by atoms with Crippen molar-refractivity contribution >= 4 is 11.9 Å². The third-order valence-electron chi connectivity index (χ3n) is 3.86. The quantitative estimate of drug-likeness (QED) is 0.641. The van der Waals surface area contributed by atoms with E-state index in [0.29, 0.717) is 6.42 Å². The molecule has 10 heteroatoms. The summed E-state index contributed by atoms with van der Waals surface area (Å²) >= 11 is 0. The van der Waals surface area contributed by atoms with Crippen LogP contribution >= 0.6 is 0 Å². The zero-order valence-electron chi connectivity index (χ0n) is 14.0. The van der Waals surface area contributed by atoms with E-state index in [-0.39, 0.29) is 6.61 Å². The minimum atomic E-state index is -1.41. The lowest BCUT2D eigenvalue weighted by Crippen LogP contribution is -2.36. The zero-order valence-corrected chi connectivity index (χ0v) is 14.0. The fraction of sp³-hybridized carbons (Fsp3) is 0.667. The highest BCUT2D eigenvalue weighted by Gasteiger charge is 2.42. The predicted molar refractivity (Wildman–Crippen MR) is 84.5 cm³/mol. The fourth-order valence-electron chi connectivity index (χ4n) is 2.42. The number of unbranched alkanes of at least 4 members (excludes halogenated alkanes) is 2. The number of nitrogens with one attached hydrogen (secondary N) is 1. The van der Waals surface area contributed by atoms with Gasteiger partial charge in [-0.1, -0.05) is 19.8 Å². The van der Waals surface area contributed by atoms with Gasteiger partial charge >= 0.3 is 11.8 Å². The Hall–Kier alpha value is -2.04. The molecule has 0 bridgehead atoms. The molecular formula is C15H22FN3O6. The second-order valence-electron chi connectivity index (χ2n) is 5.81. The van der Waals surface area contributed by atoms with Gasteiger partial charge in [0, 0.05) is 0 Å². The molecule has 9 nitrogen and oxygen atoms in total. The molecule has 0 radical (unpaired) electrons. The van der Waals surface area contributed by atoms with Crippen LogP contribution in [0.5, 0.6) is 0 Å². The standard InChI is InChI=1S/C15H22FN3O6/c1-3-4-5-6-24-15(23)18-12-9(16)7-19(14(22)17-12)13-11(21)10(20)8(2)25-13/h7-8,10-11,13,20-21H,3-6H2,1-2H3,(H,17,18,22,23)/t8-,10-,11+,13?/m1/s1. The molecule has 1 aromatic heterocycles. The van der Waals surface area contributed by atoms with E-state index in [9.17, 15) is 24.2 Å². The molecule has 1 amide bonds. The van der Waals surface area contributed by atoms with Crippen molar-refractivity contribution in [1.82, 2.24) is 9.55 Å². The van der Waals surface area contributed by atoms with Crippen LogP contribution in [0.4, 0.5) is 15.0 Å². The minimum Gasteiger partial charge on any atom is -0.449 e. The summed E-state index contributed by atoms with van der Waals surface area (Å²) in [6.45, 7) is 3.68. The molecule has 0 aromatic carbocycles. The summed E-state index contributed by atoms with van der Waals surface area (Å²) < 4.78 is 24.9. The van der Waals surface area contributed by atoms with Crippen LogP contribution in [0.15, 0.2) is 11.0 Å². The Bertz CT molecular complexity index is 667. The highest BCUT2D eigenvalue weighted by molar-refractivity contribution is 5.83. The lowest BCUT2D eigenvalue weighted by Gasteiger charge is -2.17. The molecule has 0 saturated carbocycles. The van der Waals surface area contributed by atoms with E-state index in [0.717, 1.165) is 23.6 Å². The SMILES string of the molecule is CCCCCOC(=O)Nc1nc(=O)n(C2O[C@H](C)[C@@H](O)[C@@H]2O)cc1F. The number of ether oxygens (including phenoxy) is 2. The van der Waals surface area contributed by atoms with Gasteiger partial charge < -0.3 is 19.7 Å². The molecule has 3 N–H and O–H groups in total. The fourth-order valence-corrected chi connectivity index (χ4v) is 2.42. The number of nitrogens with zero attached hydrogens (tertiary/aromatic N) is 2. The van der Waals surface area contributed by atoms with Crippen LogP contribution in [-0.2, 0) is 9.47 Å². The second-order valence-corrected chi connectivity index (χ2v) is 5.81. The first-order chi connectivity index (χ1) is 11.8. The molecule has 0 aliphatic carbocycles. The van der Waals surface area contributed by atoms with Gasteiger partial charge in [0.15, 0.2) is 17.9 Å². The van der Waals surface area contributed by atoms with Crippen LogP contribution in [0.2, 0.25) is 0 Å². The molecular weight excluding hydrogens is 337 g/mol. The number of amides is 1. The molecule has 140 valence electrons. The Labute approximate surface area is 143 Å². The van der Waals surface area contributed by atoms with Gasteiger partial charge in [-0.15, -0.1) is 0 Å². The summed E-state index contributed by atoms with van der Waals surface area (Å²) in [6.07, 6.45) is -2.25. The zero-order chi connectivity index (χ0) is 18.6. The number of carbonyl (C=O) groups is 1. The van der Waals surface area contributed by atoms with Gasteiger partial charge in [0.1, 0.15) is 12.2 Å². The van der Waals surface area contributed by atoms with Crippen molar-refractivity contribution in [2.24, 2.45) is 0 Å². The second kappa shape index (κ2) is 8.37. The lowest BCUT2D eigenvalue weighted by molar-refractivity contribution is -0.0355. The number of aliphatic hydroxyl groups is 2. The summed E-state index contributed by atoms with van der Waals surface area (Å²) in [6, 6.07) is 0. The van der Waals surface area contributed by atoms with Crippen LogP contribution in [-0.4, -0.2) is 50.8 Å². The predicted octanol–water partition coefficient (Wildman–Crippen LogP) is 0.760. The van der Waals surface area contributed by atoms with Gasteiger partial charge in [-0.3, -0.25) is 9.88 Å². The smallest absolute Gasteiger partial charge is 0.412 e. The third kappa shape index (κ3) is 4.53. The first kappa shape index (κ1) is 19.3. The average molecular weight is 359 g/mol. The number of aromatic nitrogens is 2. The molecule has 1 unspecified atom stereocenters. The first-order valence-electron chi connectivity index (χ1n) is 8.09. The largest absolute Gasteiger partial charge is 0.449 e. The molecule has 2 heterocycles. The monoisotopic (exact) mass is 359 g/mol. The molecule has 0 spiro atoms. The van der Waals surface area contributed by atoms with Crippen LogP contribution in [0.1, 0.15) is 39.3 Å². The molecule has 25 heavy (non-hydrogen) atoms. The van der Waals surface area contributed by atoms with Crippen molar-refractivity contribution in [2.75, 3.05) is 11.9 Å². The summed E-state index contributed by atoms with van der Waals surface area (Å²) in [5, 5.41) is 21.6. The van der Waals surface area contributed by atoms with Crippen LogP contribution < -0.4 is 11.0 Å². The average Bonchev–Trinajstić information content (AvgIpc) is 2.82. The number of hydrogen-bond donors (Lipinski definition) is 3. The molecule has 1 aliphatic rings. The van der Waals surface area contributed by atoms with Gasteiger partial charge in [0.05, 0.1) is 18.9 Å². The Morgan fingerprint density at radius 1 is 1.44 bits per heavy atom. The molecule has 4 atom stereocenters. The minimum absolute atomic E-state index is 0.177. The van der Waals surface area contributed by atoms with Gasteiger partial charge in [0.2, 0.25) is 0 Å². The third-order valence-corrected chi connectivity index (χ3v) is 3.86. The number of aliphatic hydroxyl groups excluding tert-OH is 2. The number of rotatable bonds is 6. The van der Waals surface area contributed by atoms with E-state index in [1.165, 1.54) is 6.92 Å². The van der Waals surface area contributed by atoms with Crippen molar-refractivity contribution in [3.8, 4) is 0 Å². The molecule has 1 aromatic rings. The van der Waals surface area contributed by atoms with E-state index in [1.54, 1.807) is 0 Å². The highest BCUT2D eigenvalue weighted by Crippen LogP contribution is 2.28. The van der Waals surface area contributed by atoms with Gasteiger partial charge in [-0.2, -0.15) is 4.98 Å². The van der Waals surface area contributed by atoms with Crippen molar-refractivity contribution in [2.45, 2.75) is 57.6 Å². The maximum atomic E-state index is 14.1. The van der Waals surface area contributed by atoms with Gasteiger partial charge in [-0.05, 0) is 13.3 Å². The van der Waals surface area contributed by atoms with E-state index < -0.39 is 48.0 Å². The van der Waals surface area contributed by atoms with Crippen molar-refractivity contribution in [1.29, 1.82) is 0 Å².